The molecule has 80 valence electrons. The van der Waals surface area contributed by atoms with Gasteiger partial charge in [-0.15, -0.1) is 0 Å². The third kappa shape index (κ3) is 3.12. The van der Waals surface area contributed by atoms with Crippen molar-refractivity contribution in [3.8, 4) is 0 Å². The molecule has 1 aliphatic rings. The zero-order valence-corrected chi connectivity index (χ0v) is 8.71. The Morgan fingerprint density at radius 2 is 2.50 bits per heavy atom. The van der Waals surface area contributed by atoms with E-state index >= 15 is 0 Å². The van der Waals surface area contributed by atoms with Crippen LogP contribution in [0.4, 0.5) is 0 Å². The number of ether oxygens (including phenoxy) is 2. The summed E-state index contributed by atoms with van der Waals surface area (Å²) >= 11 is 0. The van der Waals surface area contributed by atoms with E-state index in [-0.39, 0.29) is 12.1 Å². The lowest BCUT2D eigenvalue weighted by molar-refractivity contribution is -0.137. The number of carbonyl (C=O) groups excluding carboxylic acids is 1. The molecule has 0 saturated carbocycles. The first-order chi connectivity index (χ1) is 6.77. The largest absolute Gasteiger partial charge is 0.463 e. The van der Waals surface area contributed by atoms with Gasteiger partial charge in [0.25, 0.3) is 0 Å². The predicted molar refractivity (Wildman–Crippen MR) is 53.0 cm³/mol. The summed E-state index contributed by atoms with van der Waals surface area (Å²) in [5, 5.41) is 3.20. The zero-order chi connectivity index (χ0) is 10.4. The molecule has 0 aromatic rings. The number of nitrogens with one attached hydrogen (secondary N) is 1. The summed E-state index contributed by atoms with van der Waals surface area (Å²) in [6.07, 6.45) is 2.41. The van der Waals surface area contributed by atoms with Gasteiger partial charge in [-0.1, -0.05) is 0 Å². The molecule has 1 N–H and O–H groups in total. The Morgan fingerprint density at radius 1 is 1.71 bits per heavy atom. The van der Waals surface area contributed by atoms with Gasteiger partial charge < -0.3 is 14.8 Å². The van der Waals surface area contributed by atoms with Crippen molar-refractivity contribution in [1.29, 1.82) is 0 Å². The summed E-state index contributed by atoms with van der Waals surface area (Å²) in [7, 11) is 1.65. The Bertz CT molecular complexity index is 225. The van der Waals surface area contributed by atoms with Gasteiger partial charge in [-0.25, -0.2) is 4.79 Å². The highest BCUT2D eigenvalue weighted by Gasteiger charge is 2.18. The molecule has 1 aliphatic heterocycles. The standard InChI is InChI=1S/C10H17NO3/c1-3-14-10(12)6-8-4-5-11-7-9(8)13-2/h6,9,11H,3-5,7H2,1-2H3. The SMILES string of the molecule is CCOC(=O)C=C1CCNCC1OC. The highest BCUT2D eigenvalue weighted by atomic mass is 16.5. The Labute approximate surface area is 84.3 Å². The Balaban J connectivity index is 2.57. The van der Waals surface area contributed by atoms with Gasteiger partial charge in [0, 0.05) is 19.7 Å². The lowest BCUT2D eigenvalue weighted by Crippen LogP contribution is -2.37. The van der Waals surface area contributed by atoms with Crippen molar-refractivity contribution < 1.29 is 14.3 Å². The van der Waals surface area contributed by atoms with Crippen LogP contribution < -0.4 is 5.32 Å². The van der Waals surface area contributed by atoms with Gasteiger partial charge >= 0.3 is 5.97 Å². The smallest absolute Gasteiger partial charge is 0.330 e. The van der Waals surface area contributed by atoms with Crippen LogP contribution in [-0.4, -0.2) is 38.9 Å². The molecule has 14 heavy (non-hydrogen) atoms. The minimum absolute atomic E-state index is 0.00755. The van der Waals surface area contributed by atoms with Crippen molar-refractivity contribution in [2.45, 2.75) is 19.4 Å². The molecule has 0 bridgehead atoms. The first kappa shape index (κ1) is 11.2. The summed E-state index contributed by atoms with van der Waals surface area (Å²) < 4.78 is 10.1. The molecular weight excluding hydrogens is 182 g/mol. The molecular formula is C10H17NO3. The number of rotatable bonds is 3. The van der Waals surface area contributed by atoms with E-state index in [0.29, 0.717) is 6.61 Å². The molecule has 1 atom stereocenters. The van der Waals surface area contributed by atoms with Crippen LogP contribution in [0.5, 0.6) is 0 Å². The molecule has 0 aliphatic carbocycles. The van der Waals surface area contributed by atoms with Crippen LogP contribution in [0.3, 0.4) is 0 Å². The van der Waals surface area contributed by atoms with E-state index in [1.54, 1.807) is 20.1 Å². The number of esters is 1. The molecule has 4 nitrogen and oxygen atoms in total. The van der Waals surface area contributed by atoms with E-state index in [4.69, 9.17) is 9.47 Å². The van der Waals surface area contributed by atoms with Crippen molar-refractivity contribution in [2.75, 3.05) is 26.8 Å². The summed E-state index contributed by atoms with van der Waals surface area (Å²) in [5.41, 5.74) is 1.02. The first-order valence-electron chi connectivity index (χ1n) is 4.88. The maximum absolute atomic E-state index is 11.2. The Morgan fingerprint density at radius 3 is 3.14 bits per heavy atom. The second kappa shape index (κ2) is 5.78. The van der Waals surface area contributed by atoms with E-state index in [1.807, 2.05) is 0 Å². The van der Waals surface area contributed by atoms with E-state index in [0.717, 1.165) is 25.1 Å². The second-order valence-corrected chi connectivity index (χ2v) is 3.15. The van der Waals surface area contributed by atoms with Gasteiger partial charge in [0.1, 0.15) is 0 Å². The molecule has 1 unspecified atom stereocenters. The quantitative estimate of drug-likeness (QED) is 0.530. The monoisotopic (exact) mass is 199 g/mol. The van der Waals surface area contributed by atoms with Crippen LogP contribution in [0.1, 0.15) is 13.3 Å². The molecule has 0 radical (unpaired) electrons. The summed E-state index contributed by atoms with van der Waals surface area (Å²) in [5.74, 6) is -0.272. The molecule has 0 aromatic heterocycles. The van der Waals surface area contributed by atoms with Crippen LogP contribution in [0.25, 0.3) is 0 Å². The van der Waals surface area contributed by atoms with Gasteiger partial charge in [-0.2, -0.15) is 0 Å². The number of hydrogen-bond donors (Lipinski definition) is 1. The van der Waals surface area contributed by atoms with Gasteiger partial charge in [0.15, 0.2) is 0 Å². The van der Waals surface area contributed by atoms with Crippen LogP contribution >= 0.6 is 0 Å². The molecule has 0 amide bonds. The first-order valence-corrected chi connectivity index (χ1v) is 4.88. The zero-order valence-electron chi connectivity index (χ0n) is 8.71. The molecule has 0 spiro atoms. The van der Waals surface area contributed by atoms with Gasteiger partial charge in [0.05, 0.1) is 12.7 Å². The summed E-state index contributed by atoms with van der Waals surface area (Å²) in [4.78, 5) is 11.2. The molecule has 0 aromatic carbocycles. The van der Waals surface area contributed by atoms with Gasteiger partial charge in [0.2, 0.25) is 0 Å². The average Bonchev–Trinajstić information content (AvgIpc) is 2.19. The predicted octanol–water partition coefficient (Wildman–Crippen LogP) is 0.484. The topological polar surface area (TPSA) is 47.6 Å². The minimum atomic E-state index is -0.272. The van der Waals surface area contributed by atoms with Gasteiger partial charge in [-0.3, -0.25) is 0 Å². The minimum Gasteiger partial charge on any atom is -0.463 e. The van der Waals surface area contributed by atoms with E-state index in [2.05, 4.69) is 5.32 Å². The number of carbonyl (C=O) groups is 1. The molecule has 4 heteroatoms. The lowest BCUT2D eigenvalue weighted by atomic mass is 10.0. The fraction of sp³-hybridized carbons (Fsp3) is 0.700. The Kier molecular flexibility index (Phi) is 4.62. The van der Waals surface area contributed by atoms with Crippen LogP contribution in [-0.2, 0) is 14.3 Å². The van der Waals surface area contributed by atoms with E-state index in [1.165, 1.54) is 0 Å². The average molecular weight is 199 g/mol. The number of piperidine rings is 1. The van der Waals surface area contributed by atoms with Crippen molar-refractivity contribution in [3.63, 3.8) is 0 Å². The van der Waals surface area contributed by atoms with Crippen LogP contribution in [0, 0.1) is 0 Å². The van der Waals surface area contributed by atoms with Crippen molar-refractivity contribution in [2.24, 2.45) is 0 Å². The van der Waals surface area contributed by atoms with Crippen LogP contribution in [0.15, 0.2) is 11.6 Å². The third-order valence-corrected chi connectivity index (χ3v) is 2.21. The molecule has 1 rings (SSSR count). The normalized spacial score (nSPS) is 25.0. The highest BCUT2D eigenvalue weighted by Crippen LogP contribution is 2.13. The summed E-state index contributed by atoms with van der Waals surface area (Å²) in [6, 6.07) is 0. The van der Waals surface area contributed by atoms with Crippen molar-refractivity contribution in [3.05, 3.63) is 11.6 Å². The molecule has 1 fully saturated rings. The summed E-state index contributed by atoms with van der Waals surface area (Å²) in [6.45, 7) is 3.87. The van der Waals surface area contributed by atoms with E-state index in [9.17, 15) is 4.79 Å². The van der Waals surface area contributed by atoms with Crippen molar-refractivity contribution >= 4 is 5.97 Å². The Hall–Kier alpha value is -0.870. The molecule has 1 saturated heterocycles. The number of methoxy groups -OCH3 is 1. The lowest BCUT2D eigenvalue weighted by Gasteiger charge is -2.24. The number of hydrogen-bond acceptors (Lipinski definition) is 4. The highest BCUT2D eigenvalue weighted by molar-refractivity contribution is 5.83. The maximum atomic E-state index is 11.2. The van der Waals surface area contributed by atoms with Crippen molar-refractivity contribution in [1.82, 2.24) is 5.32 Å². The fourth-order valence-corrected chi connectivity index (χ4v) is 1.49. The van der Waals surface area contributed by atoms with Crippen LogP contribution in [0.2, 0.25) is 0 Å². The molecule has 1 heterocycles. The fourth-order valence-electron chi connectivity index (χ4n) is 1.49. The van der Waals surface area contributed by atoms with E-state index < -0.39 is 0 Å². The third-order valence-electron chi connectivity index (χ3n) is 2.21. The van der Waals surface area contributed by atoms with Gasteiger partial charge in [-0.05, 0) is 25.5 Å². The maximum Gasteiger partial charge on any atom is 0.330 e. The second-order valence-electron chi connectivity index (χ2n) is 3.15.